The van der Waals surface area contributed by atoms with Crippen molar-refractivity contribution < 1.29 is 9.59 Å². The standard InChI is InChI=1S/C19H28N2O2S/c1-4-18(22)20-17(10-12-24-3)19(23)21-11-9-15(13-21)16-8-6-5-7-14(16)2/h5-8,15,17H,4,9-13H2,1-3H3,(H,20,22)/t15-,17+/m0/s1. The van der Waals surface area contributed by atoms with E-state index in [9.17, 15) is 9.59 Å². The van der Waals surface area contributed by atoms with E-state index < -0.39 is 0 Å². The van der Waals surface area contributed by atoms with Crippen LogP contribution in [-0.4, -0.2) is 47.9 Å². The maximum Gasteiger partial charge on any atom is 0.245 e. The zero-order valence-electron chi connectivity index (χ0n) is 14.9. The van der Waals surface area contributed by atoms with E-state index in [0.29, 0.717) is 18.8 Å². The third-order valence-electron chi connectivity index (χ3n) is 4.69. The Morgan fingerprint density at radius 3 is 2.79 bits per heavy atom. The molecule has 0 aromatic heterocycles. The van der Waals surface area contributed by atoms with Crippen molar-refractivity contribution in [2.24, 2.45) is 0 Å². The summed E-state index contributed by atoms with van der Waals surface area (Å²) in [5.41, 5.74) is 2.63. The third-order valence-corrected chi connectivity index (χ3v) is 5.34. The van der Waals surface area contributed by atoms with Crippen LogP contribution in [0.4, 0.5) is 0 Å². The van der Waals surface area contributed by atoms with Gasteiger partial charge < -0.3 is 10.2 Å². The minimum absolute atomic E-state index is 0.0518. The van der Waals surface area contributed by atoms with Crippen LogP contribution in [0.3, 0.4) is 0 Å². The van der Waals surface area contributed by atoms with Crippen molar-refractivity contribution in [2.75, 3.05) is 25.1 Å². The summed E-state index contributed by atoms with van der Waals surface area (Å²) in [6, 6.07) is 8.02. The van der Waals surface area contributed by atoms with E-state index in [0.717, 1.165) is 25.3 Å². The fraction of sp³-hybridized carbons (Fsp3) is 0.579. The van der Waals surface area contributed by atoms with Gasteiger partial charge in [-0.3, -0.25) is 9.59 Å². The summed E-state index contributed by atoms with van der Waals surface area (Å²) >= 11 is 1.70. The van der Waals surface area contributed by atoms with Gasteiger partial charge >= 0.3 is 0 Å². The minimum atomic E-state index is -0.388. The maximum absolute atomic E-state index is 12.9. The zero-order valence-corrected chi connectivity index (χ0v) is 15.7. The van der Waals surface area contributed by atoms with Gasteiger partial charge in [0.15, 0.2) is 0 Å². The van der Waals surface area contributed by atoms with Crippen molar-refractivity contribution in [2.45, 2.75) is 45.1 Å². The molecule has 132 valence electrons. The average molecular weight is 349 g/mol. The molecule has 2 amide bonds. The summed E-state index contributed by atoms with van der Waals surface area (Å²) in [7, 11) is 0. The molecule has 0 radical (unpaired) electrons. The number of hydrogen-bond acceptors (Lipinski definition) is 3. The first-order valence-electron chi connectivity index (χ1n) is 8.69. The van der Waals surface area contributed by atoms with Crippen LogP contribution >= 0.6 is 11.8 Å². The van der Waals surface area contributed by atoms with Gasteiger partial charge in [-0.15, -0.1) is 0 Å². The molecule has 1 N–H and O–H groups in total. The van der Waals surface area contributed by atoms with Crippen molar-refractivity contribution in [1.82, 2.24) is 10.2 Å². The predicted molar refractivity (Wildman–Crippen MR) is 100 cm³/mol. The first kappa shape index (κ1) is 18.8. The number of likely N-dealkylation sites (tertiary alicyclic amines) is 1. The molecule has 1 aromatic rings. The van der Waals surface area contributed by atoms with Gasteiger partial charge in [0.05, 0.1) is 0 Å². The molecule has 24 heavy (non-hydrogen) atoms. The topological polar surface area (TPSA) is 49.4 Å². The van der Waals surface area contributed by atoms with E-state index in [1.807, 2.05) is 18.1 Å². The number of hydrogen-bond donors (Lipinski definition) is 1. The Bertz CT molecular complexity index is 576. The lowest BCUT2D eigenvalue weighted by molar-refractivity contribution is -0.135. The van der Waals surface area contributed by atoms with Crippen LogP contribution in [-0.2, 0) is 9.59 Å². The van der Waals surface area contributed by atoms with Gasteiger partial charge in [0, 0.05) is 25.4 Å². The van der Waals surface area contributed by atoms with E-state index >= 15 is 0 Å². The summed E-state index contributed by atoms with van der Waals surface area (Å²) < 4.78 is 0. The summed E-state index contributed by atoms with van der Waals surface area (Å²) in [6.07, 6.45) is 4.12. The van der Waals surface area contributed by atoms with Crippen molar-refractivity contribution >= 4 is 23.6 Å². The molecule has 1 heterocycles. The van der Waals surface area contributed by atoms with Crippen molar-refractivity contribution in [3.8, 4) is 0 Å². The minimum Gasteiger partial charge on any atom is -0.344 e. The highest BCUT2D eigenvalue weighted by Gasteiger charge is 2.32. The molecule has 4 nitrogen and oxygen atoms in total. The Morgan fingerprint density at radius 2 is 2.12 bits per heavy atom. The van der Waals surface area contributed by atoms with Gasteiger partial charge in [0.25, 0.3) is 0 Å². The molecule has 2 atom stereocenters. The second-order valence-electron chi connectivity index (χ2n) is 6.38. The van der Waals surface area contributed by atoms with Gasteiger partial charge in [-0.1, -0.05) is 31.2 Å². The second kappa shape index (κ2) is 9.11. The number of nitrogens with zero attached hydrogens (tertiary/aromatic N) is 1. The van der Waals surface area contributed by atoms with Gasteiger partial charge in [0.1, 0.15) is 6.04 Å². The Balaban J connectivity index is 2.02. The highest BCUT2D eigenvalue weighted by Crippen LogP contribution is 2.29. The number of aryl methyl sites for hydroxylation is 1. The van der Waals surface area contributed by atoms with Crippen molar-refractivity contribution in [3.05, 3.63) is 35.4 Å². The van der Waals surface area contributed by atoms with E-state index in [4.69, 9.17) is 0 Å². The Hall–Kier alpha value is -1.49. The van der Waals surface area contributed by atoms with Crippen LogP contribution in [0.15, 0.2) is 24.3 Å². The Labute approximate surface area is 149 Å². The van der Waals surface area contributed by atoms with Gasteiger partial charge in [-0.2, -0.15) is 11.8 Å². The fourth-order valence-corrected chi connectivity index (χ4v) is 3.74. The smallest absolute Gasteiger partial charge is 0.245 e. The SMILES string of the molecule is CCC(=O)N[C@H](CCSC)C(=O)N1CC[C@H](c2ccccc2C)C1. The molecular weight excluding hydrogens is 320 g/mol. The number of amides is 2. The van der Waals surface area contributed by atoms with E-state index in [1.54, 1.807) is 11.8 Å². The molecule has 2 rings (SSSR count). The molecule has 0 saturated carbocycles. The lowest BCUT2D eigenvalue weighted by Gasteiger charge is -2.24. The van der Waals surface area contributed by atoms with Gasteiger partial charge in [-0.05, 0) is 42.9 Å². The average Bonchev–Trinajstić information content (AvgIpc) is 3.07. The summed E-state index contributed by atoms with van der Waals surface area (Å²) in [5, 5.41) is 2.90. The van der Waals surface area contributed by atoms with Crippen molar-refractivity contribution in [3.63, 3.8) is 0 Å². The normalized spacial score (nSPS) is 18.5. The van der Waals surface area contributed by atoms with Crippen LogP contribution < -0.4 is 5.32 Å². The highest BCUT2D eigenvalue weighted by atomic mass is 32.2. The summed E-state index contributed by atoms with van der Waals surface area (Å²) in [5.74, 6) is 1.29. The third kappa shape index (κ3) is 4.76. The molecule has 0 spiro atoms. The number of carbonyl (C=O) groups excluding carboxylic acids is 2. The first-order valence-corrected chi connectivity index (χ1v) is 10.1. The number of carbonyl (C=O) groups is 2. The highest BCUT2D eigenvalue weighted by molar-refractivity contribution is 7.98. The van der Waals surface area contributed by atoms with Crippen LogP contribution in [0.5, 0.6) is 0 Å². The molecule has 0 unspecified atom stereocenters. The quantitative estimate of drug-likeness (QED) is 0.824. The summed E-state index contributed by atoms with van der Waals surface area (Å²) in [6.45, 7) is 5.47. The van der Waals surface area contributed by atoms with E-state index in [2.05, 4.69) is 36.5 Å². The van der Waals surface area contributed by atoms with Crippen LogP contribution in [0, 0.1) is 6.92 Å². The number of benzene rings is 1. The molecule has 0 bridgehead atoms. The number of nitrogens with one attached hydrogen (secondary N) is 1. The lowest BCUT2D eigenvalue weighted by Crippen LogP contribution is -2.48. The van der Waals surface area contributed by atoms with Crippen LogP contribution in [0.1, 0.15) is 43.2 Å². The number of thioether (sulfide) groups is 1. The second-order valence-corrected chi connectivity index (χ2v) is 7.37. The lowest BCUT2D eigenvalue weighted by atomic mass is 9.94. The molecule has 1 aromatic carbocycles. The largest absolute Gasteiger partial charge is 0.344 e. The van der Waals surface area contributed by atoms with E-state index in [-0.39, 0.29) is 17.9 Å². The molecule has 1 aliphatic rings. The molecular formula is C19H28N2O2S. The molecule has 0 aliphatic carbocycles. The molecule has 1 saturated heterocycles. The summed E-state index contributed by atoms with van der Waals surface area (Å²) in [4.78, 5) is 26.5. The van der Waals surface area contributed by atoms with Crippen LogP contribution in [0.25, 0.3) is 0 Å². The van der Waals surface area contributed by atoms with Crippen LogP contribution in [0.2, 0.25) is 0 Å². The number of rotatable bonds is 7. The van der Waals surface area contributed by atoms with Gasteiger partial charge in [-0.25, -0.2) is 0 Å². The zero-order chi connectivity index (χ0) is 17.5. The maximum atomic E-state index is 12.9. The monoisotopic (exact) mass is 348 g/mol. The Morgan fingerprint density at radius 1 is 1.38 bits per heavy atom. The van der Waals surface area contributed by atoms with Crippen molar-refractivity contribution in [1.29, 1.82) is 0 Å². The molecule has 1 fully saturated rings. The van der Waals surface area contributed by atoms with E-state index in [1.165, 1.54) is 11.1 Å². The van der Waals surface area contributed by atoms with Gasteiger partial charge in [0.2, 0.25) is 11.8 Å². The molecule has 1 aliphatic heterocycles. The fourth-order valence-electron chi connectivity index (χ4n) is 3.27. The predicted octanol–water partition coefficient (Wildman–Crippen LogP) is 2.96. The first-order chi connectivity index (χ1) is 11.6. The molecule has 5 heteroatoms. The Kier molecular flexibility index (Phi) is 7.16.